The number of benzene rings is 1. The first-order chi connectivity index (χ1) is 9.86. The molecule has 0 amide bonds. The Balaban J connectivity index is 2.01. The summed E-state index contributed by atoms with van der Waals surface area (Å²) in [6.45, 7) is 0.0399. The largest absolute Gasteiger partial charge is 0.433 e. The predicted molar refractivity (Wildman–Crippen MR) is 73.5 cm³/mol. The minimum Gasteiger partial charge on any atom is -0.399 e. The number of nitrogens with zero attached hydrogens (tertiary/aromatic N) is 1. The van der Waals surface area contributed by atoms with Gasteiger partial charge < -0.3 is 16.2 Å². The zero-order valence-electron chi connectivity index (χ0n) is 10.9. The number of rotatable bonds is 4. The number of anilines is 2. The van der Waals surface area contributed by atoms with Crippen molar-refractivity contribution in [3.63, 3.8) is 0 Å². The molecule has 7 heteroatoms. The Morgan fingerprint density at radius 3 is 2.43 bits per heavy atom. The average molecular weight is 297 g/mol. The summed E-state index contributed by atoms with van der Waals surface area (Å²) in [5.41, 5.74) is 5.74. The van der Waals surface area contributed by atoms with Crippen molar-refractivity contribution >= 4 is 11.5 Å². The first-order valence-electron chi connectivity index (χ1n) is 6.18. The van der Waals surface area contributed by atoms with E-state index in [4.69, 9.17) is 5.73 Å². The van der Waals surface area contributed by atoms with Crippen LogP contribution in [-0.2, 0) is 6.18 Å². The van der Waals surface area contributed by atoms with Crippen LogP contribution in [0.1, 0.15) is 17.4 Å². The lowest BCUT2D eigenvalue weighted by molar-refractivity contribution is -0.141. The highest BCUT2D eigenvalue weighted by molar-refractivity contribution is 5.41. The summed E-state index contributed by atoms with van der Waals surface area (Å²) in [4.78, 5) is 3.46. The van der Waals surface area contributed by atoms with Crippen LogP contribution in [0, 0.1) is 0 Å². The number of aromatic nitrogens is 1. The third-order valence-corrected chi connectivity index (χ3v) is 2.84. The summed E-state index contributed by atoms with van der Waals surface area (Å²) >= 11 is 0. The Kier molecular flexibility index (Phi) is 4.32. The number of alkyl halides is 3. The summed E-state index contributed by atoms with van der Waals surface area (Å²) in [5, 5.41) is 12.6. The summed E-state index contributed by atoms with van der Waals surface area (Å²) in [6.07, 6.45) is -5.37. The number of aliphatic hydroxyl groups is 1. The van der Waals surface area contributed by atoms with E-state index < -0.39 is 18.0 Å². The summed E-state index contributed by atoms with van der Waals surface area (Å²) < 4.78 is 37.6. The molecule has 0 aliphatic heterocycles. The van der Waals surface area contributed by atoms with Crippen LogP contribution < -0.4 is 11.1 Å². The smallest absolute Gasteiger partial charge is 0.399 e. The van der Waals surface area contributed by atoms with Crippen molar-refractivity contribution in [1.82, 2.24) is 4.98 Å². The van der Waals surface area contributed by atoms with Crippen LogP contribution in [-0.4, -0.2) is 16.6 Å². The molecular weight excluding hydrogens is 283 g/mol. The van der Waals surface area contributed by atoms with Crippen molar-refractivity contribution in [1.29, 1.82) is 0 Å². The van der Waals surface area contributed by atoms with Crippen LogP contribution in [0.5, 0.6) is 0 Å². The van der Waals surface area contributed by atoms with Crippen molar-refractivity contribution in [2.75, 3.05) is 17.6 Å². The van der Waals surface area contributed by atoms with Gasteiger partial charge in [-0.15, -0.1) is 0 Å². The van der Waals surface area contributed by atoms with E-state index in [2.05, 4.69) is 10.3 Å². The fourth-order valence-corrected chi connectivity index (χ4v) is 1.73. The number of nitrogen functional groups attached to an aromatic ring is 1. The number of aliphatic hydroxyl groups excluding tert-OH is 1. The van der Waals surface area contributed by atoms with Crippen LogP contribution in [0.2, 0.25) is 0 Å². The second-order valence-electron chi connectivity index (χ2n) is 4.47. The fraction of sp³-hybridized carbons (Fsp3) is 0.214. The quantitative estimate of drug-likeness (QED) is 0.759. The van der Waals surface area contributed by atoms with E-state index in [0.717, 1.165) is 6.07 Å². The van der Waals surface area contributed by atoms with E-state index >= 15 is 0 Å². The van der Waals surface area contributed by atoms with E-state index in [1.54, 1.807) is 24.3 Å². The Hall–Kier alpha value is -2.28. The highest BCUT2D eigenvalue weighted by atomic mass is 19.4. The van der Waals surface area contributed by atoms with Crippen molar-refractivity contribution in [3.05, 3.63) is 53.7 Å². The molecule has 1 unspecified atom stereocenters. The normalized spacial score (nSPS) is 13.0. The van der Waals surface area contributed by atoms with Gasteiger partial charge in [-0.3, -0.25) is 0 Å². The van der Waals surface area contributed by atoms with Gasteiger partial charge in [0.2, 0.25) is 0 Å². The third-order valence-electron chi connectivity index (χ3n) is 2.84. The number of hydrogen-bond acceptors (Lipinski definition) is 4. The van der Waals surface area contributed by atoms with Crippen LogP contribution in [0.3, 0.4) is 0 Å². The van der Waals surface area contributed by atoms with Crippen LogP contribution >= 0.6 is 0 Å². The molecule has 1 aromatic carbocycles. The zero-order valence-corrected chi connectivity index (χ0v) is 10.9. The molecule has 2 aromatic rings. The second kappa shape index (κ2) is 6.01. The Bertz CT molecular complexity index is 599. The lowest BCUT2D eigenvalue weighted by atomic mass is 10.1. The highest BCUT2D eigenvalue weighted by Gasteiger charge is 2.32. The van der Waals surface area contributed by atoms with E-state index in [-0.39, 0.29) is 12.4 Å². The van der Waals surface area contributed by atoms with Gasteiger partial charge in [-0.2, -0.15) is 13.2 Å². The molecule has 2 rings (SSSR count). The van der Waals surface area contributed by atoms with Gasteiger partial charge in [-0.25, -0.2) is 4.98 Å². The third kappa shape index (κ3) is 4.09. The van der Waals surface area contributed by atoms with Crippen LogP contribution in [0.15, 0.2) is 42.5 Å². The summed E-state index contributed by atoms with van der Waals surface area (Å²) in [6, 6.07) is 10.1. The molecular formula is C14H14F3N3O. The van der Waals surface area contributed by atoms with E-state index in [0.29, 0.717) is 11.3 Å². The van der Waals surface area contributed by atoms with Gasteiger partial charge in [0, 0.05) is 12.2 Å². The molecule has 21 heavy (non-hydrogen) atoms. The molecule has 0 radical (unpaired) electrons. The van der Waals surface area contributed by atoms with E-state index in [1.807, 2.05) is 0 Å². The predicted octanol–water partition coefficient (Wildman–Crippen LogP) is 2.83. The molecule has 0 aliphatic rings. The molecule has 1 heterocycles. The molecule has 4 N–H and O–H groups in total. The number of hydrogen-bond donors (Lipinski definition) is 3. The number of nitrogens with two attached hydrogens (primary N) is 1. The maximum Gasteiger partial charge on any atom is 0.433 e. The first kappa shape index (κ1) is 15.1. The Morgan fingerprint density at radius 1 is 1.14 bits per heavy atom. The van der Waals surface area contributed by atoms with Gasteiger partial charge in [0.1, 0.15) is 11.5 Å². The van der Waals surface area contributed by atoms with Crippen molar-refractivity contribution < 1.29 is 18.3 Å². The van der Waals surface area contributed by atoms with Gasteiger partial charge in [0.05, 0.1) is 6.10 Å². The number of nitrogens with one attached hydrogen (secondary N) is 1. The van der Waals surface area contributed by atoms with Gasteiger partial charge in [0.15, 0.2) is 0 Å². The Morgan fingerprint density at radius 2 is 1.81 bits per heavy atom. The molecule has 4 nitrogen and oxygen atoms in total. The standard InChI is InChI=1S/C14H14F3N3O/c15-14(16,17)12-2-1-3-13(20-12)19-8-11(21)9-4-6-10(18)7-5-9/h1-7,11,21H,8,18H2,(H,19,20). The van der Waals surface area contributed by atoms with Gasteiger partial charge in [0.25, 0.3) is 0 Å². The monoisotopic (exact) mass is 297 g/mol. The zero-order chi connectivity index (χ0) is 15.5. The SMILES string of the molecule is Nc1ccc(C(O)CNc2cccc(C(F)(F)F)n2)cc1. The molecule has 0 saturated heterocycles. The topological polar surface area (TPSA) is 71.2 Å². The first-order valence-corrected chi connectivity index (χ1v) is 6.18. The van der Waals surface area contributed by atoms with Crippen LogP contribution in [0.4, 0.5) is 24.7 Å². The molecule has 0 spiro atoms. The molecule has 1 aromatic heterocycles. The number of halogens is 3. The highest BCUT2D eigenvalue weighted by Crippen LogP contribution is 2.28. The molecule has 0 aliphatic carbocycles. The van der Waals surface area contributed by atoms with Gasteiger partial charge in [-0.1, -0.05) is 18.2 Å². The Labute approximate surface area is 119 Å². The van der Waals surface area contributed by atoms with E-state index in [9.17, 15) is 18.3 Å². The maximum atomic E-state index is 12.5. The minimum absolute atomic E-state index is 0.0399. The van der Waals surface area contributed by atoms with Crippen molar-refractivity contribution in [2.45, 2.75) is 12.3 Å². The molecule has 0 fully saturated rings. The lowest BCUT2D eigenvalue weighted by Gasteiger charge is -2.14. The van der Waals surface area contributed by atoms with Crippen molar-refractivity contribution in [3.8, 4) is 0 Å². The average Bonchev–Trinajstić information content (AvgIpc) is 2.45. The molecule has 0 bridgehead atoms. The summed E-state index contributed by atoms with van der Waals surface area (Å²) in [7, 11) is 0. The fourth-order valence-electron chi connectivity index (χ4n) is 1.73. The van der Waals surface area contributed by atoms with Gasteiger partial charge in [-0.05, 0) is 29.8 Å². The summed E-state index contributed by atoms with van der Waals surface area (Å²) in [5.74, 6) is 0.0549. The molecule has 0 saturated carbocycles. The van der Waals surface area contributed by atoms with Gasteiger partial charge >= 0.3 is 6.18 Å². The van der Waals surface area contributed by atoms with Crippen molar-refractivity contribution in [2.24, 2.45) is 0 Å². The molecule has 112 valence electrons. The minimum atomic E-state index is -4.49. The van der Waals surface area contributed by atoms with E-state index in [1.165, 1.54) is 12.1 Å². The maximum absolute atomic E-state index is 12.5. The lowest BCUT2D eigenvalue weighted by Crippen LogP contribution is -2.15. The van der Waals surface area contributed by atoms with Crippen LogP contribution in [0.25, 0.3) is 0 Å². The second-order valence-corrected chi connectivity index (χ2v) is 4.47. The number of pyridine rings is 1. The molecule has 1 atom stereocenters.